The first kappa shape index (κ1) is 13.6. The minimum atomic E-state index is -0.143. The van der Waals surface area contributed by atoms with Crippen LogP contribution in [0.25, 0.3) is 5.57 Å². The average Bonchev–Trinajstić information content (AvgIpc) is 2.86. The molecule has 0 fully saturated rings. The number of methoxy groups -OCH3 is 1. The first-order valence-corrected chi connectivity index (χ1v) is 7.69. The van der Waals surface area contributed by atoms with E-state index in [1.807, 2.05) is 12.1 Å². The van der Waals surface area contributed by atoms with Gasteiger partial charge < -0.3 is 4.74 Å². The van der Waals surface area contributed by atoms with Crippen molar-refractivity contribution < 1.29 is 9.13 Å². The topological polar surface area (TPSA) is 9.23 Å². The molecule has 2 heteroatoms. The fraction of sp³-hybridized carbons (Fsp3) is 0.300. The molecule has 0 unspecified atom stereocenters. The van der Waals surface area contributed by atoms with E-state index in [9.17, 15) is 4.39 Å². The van der Waals surface area contributed by atoms with E-state index in [2.05, 4.69) is 26.0 Å². The van der Waals surface area contributed by atoms with E-state index >= 15 is 0 Å². The predicted molar refractivity (Wildman–Crippen MR) is 86.7 cm³/mol. The van der Waals surface area contributed by atoms with Crippen molar-refractivity contribution >= 4 is 5.57 Å². The largest absolute Gasteiger partial charge is 0.497 e. The van der Waals surface area contributed by atoms with Gasteiger partial charge in [0.2, 0.25) is 0 Å². The molecule has 22 heavy (non-hydrogen) atoms. The smallest absolute Gasteiger partial charge is 0.123 e. The summed E-state index contributed by atoms with van der Waals surface area (Å²) < 4.78 is 19.0. The standard InChI is InChI=1S/C20H19FO/c1-20(2)18-11-15(22-3)6-4-12(18)9-17-16-7-5-14(21)8-13(16)10-19(17)20/h4-8,11H,9-10H2,1-3H3. The monoisotopic (exact) mass is 294 g/mol. The van der Waals surface area contributed by atoms with Gasteiger partial charge in [0.1, 0.15) is 11.6 Å². The van der Waals surface area contributed by atoms with Crippen LogP contribution < -0.4 is 4.74 Å². The van der Waals surface area contributed by atoms with Crippen molar-refractivity contribution in [3.63, 3.8) is 0 Å². The van der Waals surface area contributed by atoms with E-state index in [1.165, 1.54) is 27.8 Å². The molecule has 0 heterocycles. The Morgan fingerprint density at radius 2 is 1.82 bits per heavy atom. The second-order valence-electron chi connectivity index (χ2n) is 6.76. The second-order valence-corrected chi connectivity index (χ2v) is 6.76. The quantitative estimate of drug-likeness (QED) is 0.742. The predicted octanol–water partition coefficient (Wildman–Crippen LogP) is 4.68. The van der Waals surface area contributed by atoms with Crippen LogP contribution in [0.5, 0.6) is 5.75 Å². The Labute approximate surface area is 130 Å². The second kappa shape index (κ2) is 4.45. The van der Waals surface area contributed by atoms with Crippen LogP contribution in [0.1, 0.15) is 36.1 Å². The number of hydrogen-bond acceptors (Lipinski definition) is 1. The zero-order valence-corrected chi connectivity index (χ0v) is 13.2. The molecule has 0 radical (unpaired) electrons. The number of ether oxygens (including phenoxy) is 1. The van der Waals surface area contributed by atoms with Crippen molar-refractivity contribution in [1.82, 2.24) is 0 Å². The van der Waals surface area contributed by atoms with Gasteiger partial charge in [0, 0.05) is 5.41 Å². The Bertz CT molecular complexity index is 814. The van der Waals surface area contributed by atoms with Crippen LogP contribution in [0.2, 0.25) is 0 Å². The van der Waals surface area contributed by atoms with Gasteiger partial charge in [0.05, 0.1) is 7.11 Å². The Morgan fingerprint density at radius 1 is 1.00 bits per heavy atom. The van der Waals surface area contributed by atoms with Crippen LogP contribution in [0.3, 0.4) is 0 Å². The molecular formula is C20H19FO. The van der Waals surface area contributed by atoms with Gasteiger partial charge in [-0.15, -0.1) is 0 Å². The lowest BCUT2D eigenvalue weighted by Gasteiger charge is -2.35. The number of rotatable bonds is 1. The van der Waals surface area contributed by atoms with Gasteiger partial charge in [-0.2, -0.15) is 0 Å². The summed E-state index contributed by atoms with van der Waals surface area (Å²) in [6.07, 6.45) is 1.78. The van der Waals surface area contributed by atoms with E-state index in [0.29, 0.717) is 0 Å². The van der Waals surface area contributed by atoms with Crippen molar-refractivity contribution in [2.75, 3.05) is 7.11 Å². The van der Waals surface area contributed by atoms with Crippen molar-refractivity contribution in [1.29, 1.82) is 0 Å². The number of benzene rings is 2. The molecule has 112 valence electrons. The van der Waals surface area contributed by atoms with Gasteiger partial charge in [0.15, 0.2) is 0 Å². The summed E-state index contributed by atoms with van der Waals surface area (Å²) >= 11 is 0. The Hall–Kier alpha value is -2.09. The van der Waals surface area contributed by atoms with Crippen LogP contribution in [0.4, 0.5) is 4.39 Å². The lowest BCUT2D eigenvalue weighted by Crippen LogP contribution is -2.26. The van der Waals surface area contributed by atoms with Crippen LogP contribution in [0.15, 0.2) is 42.0 Å². The lowest BCUT2D eigenvalue weighted by atomic mass is 9.69. The molecule has 2 aromatic carbocycles. The molecule has 2 aliphatic carbocycles. The van der Waals surface area contributed by atoms with E-state index in [-0.39, 0.29) is 11.2 Å². The van der Waals surface area contributed by atoms with E-state index in [1.54, 1.807) is 19.2 Å². The highest BCUT2D eigenvalue weighted by Gasteiger charge is 2.38. The molecule has 0 atom stereocenters. The summed E-state index contributed by atoms with van der Waals surface area (Å²) in [5.41, 5.74) is 7.79. The fourth-order valence-electron chi connectivity index (χ4n) is 4.03. The molecule has 0 spiro atoms. The summed E-state index contributed by atoms with van der Waals surface area (Å²) in [5.74, 6) is 0.757. The Morgan fingerprint density at radius 3 is 2.59 bits per heavy atom. The zero-order valence-electron chi connectivity index (χ0n) is 13.2. The molecule has 0 amide bonds. The maximum atomic E-state index is 13.6. The number of fused-ring (bicyclic) bond motifs is 3. The van der Waals surface area contributed by atoms with Crippen LogP contribution >= 0.6 is 0 Å². The third-order valence-corrected chi connectivity index (χ3v) is 5.24. The summed E-state index contributed by atoms with van der Waals surface area (Å²) in [4.78, 5) is 0. The van der Waals surface area contributed by atoms with Gasteiger partial charge in [-0.3, -0.25) is 0 Å². The number of allylic oxidation sites excluding steroid dienone is 2. The maximum Gasteiger partial charge on any atom is 0.123 e. The average molecular weight is 294 g/mol. The molecule has 0 aromatic heterocycles. The van der Waals surface area contributed by atoms with Crippen LogP contribution in [0, 0.1) is 5.82 Å². The summed E-state index contributed by atoms with van der Waals surface area (Å²) in [6, 6.07) is 11.6. The van der Waals surface area contributed by atoms with Gasteiger partial charge in [-0.25, -0.2) is 4.39 Å². The zero-order chi connectivity index (χ0) is 15.5. The normalized spacial score (nSPS) is 17.8. The van der Waals surface area contributed by atoms with E-state index < -0.39 is 0 Å². The molecule has 2 aromatic rings. The van der Waals surface area contributed by atoms with E-state index in [4.69, 9.17) is 4.74 Å². The minimum Gasteiger partial charge on any atom is -0.497 e. The third kappa shape index (κ3) is 1.76. The van der Waals surface area contributed by atoms with E-state index in [0.717, 1.165) is 24.2 Å². The molecule has 0 saturated heterocycles. The SMILES string of the molecule is COc1ccc2c(c1)C(C)(C)C1=C(C2)c2ccc(F)cc2C1. The lowest BCUT2D eigenvalue weighted by molar-refractivity contribution is 0.412. The minimum absolute atomic E-state index is 0.0487. The highest BCUT2D eigenvalue weighted by molar-refractivity contribution is 5.82. The molecule has 4 rings (SSSR count). The highest BCUT2D eigenvalue weighted by atomic mass is 19.1. The molecule has 0 aliphatic heterocycles. The fourth-order valence-corrected chi connectivity index (χ4v) is 4.03. The van der Waals surface area contributed by atoms with Crippen molar-refractivity contribution in [3.8, 4) is 5.75 Å². The first-order chi connectivity index (χ1) is 10.5. The van der Waals surface area contributed by atoms with Crippen molar-refractivity contribution in [2.24, 2.45) is 0 Å². The van der Waals surface area contributed by atoms with Crippen LogP contribution in [-0.4, -0.2) is 7.11 Å². The van der Waals surface area contributed by atoms with Crippen molar-refractivity contribution in [3.05, 3.63) is 70.0 Å². The summed E-state index contributed by atoms with van der Waals surface area (Å²) in [7, 11) is 1.70. The summed E-state index contributed by atoms with van der Waals surface area (Å²) in [5, 5.41) is 0. The maximum absolute atomic E-state index is 13.6. The molecular weight excluding hydrogens is 275 g/mol. The van der Waals surface area contributed by atoms with Gasteiger partial charge in [0.25, 0.3) is 0 Å². The Balaban J connectivity index is 1.88. The molecule has 0 saturated carbocycles. The first-order valence-electron chi connectivity index (χ1n) is 7.69. The van der Waals surface area contributed by atoms with Gasteiger partial charge >= 0.3 is 0 Å². The Kier molecular flexibility index (Phi) is 2.75. The van der Waals surface area contributed by atoms with Crippen LogP contribution in [-0.2, 0) is 18.3 Å². The van der Waals surface area contributed by atoms with Crippen molar-refractivity contribution in [2.45, 2.75) is 32.1 Å². The molecule has 0 bridgehead atoms. The third-order valence-electron chi connectivity index (χ3n) is 5.24. The summed E-state index contributed by atoms with van der Waals surface area (Å²) in [6.45, 7) is 4.53. The molecule has 1 nitrogen and oxygen atoms in total. The number of hydrogen-bond donors (Lipinski definition) is 0. The molecule has 2 aliphatic rings. The number of halogens is 1. The van der Waals surface area contributed by atoms with Gasteiger partial charge in [-0.05, 0) is 64.9 Å². The highest BCUT2D eigenvalue weighted by Crippen LogP contribution is 2.50. The van der Waals surface area contributed by atoms with Gasteiger partial charge in [-0.1, -0.05) is 31.6 Å². The molecule has 0 N–H and O–H groups in total.